The van der Waals surface area contributed by atoms with Gasteiger partial charge >= 0.3 is 0 Å². The summed E-state index contributed by atoms with van der Waals surface area (Å²) in [6, 6.07) is 7.68. The quantitative estimate of drug-likeness (QED) is 0.915. The molecule has 2 heterocycles. The Hall–Kier alpha value is -1.24. The molecule has 0 aromatic carbocycles. The van der Waals surface area contributed by atoms with E-state index in [4.69, 9.17) is 0 Å². The Morgan fingerprint density at radius 2 is 2.22 bits per heavy atom. The Morgan fingerprint density at radius 3 is 2.89 bits per heavy atom. The van der Waals surface area contributed by atoms with Crippen LogP contribution >= 0.6 is 11.3 Å². The molecule has 2 rings (SSSR count). The SMILES string of the molecule is CCS(=O)(=O)NCc1ccnc(-c2cccs2)c1. The lowest BCUT2D eigenvalue weighted by atomic mass is 10.2. The van der Waals surface area contributed by atoms with Crippen LogP contribution in [-0.4, -0.2) is 19.2 Å². The minimum atomic E-state index is -3.15. The molecule has 0 aliphatic heterocycles. The molecule has 96 valence electrons. The number of sulfonamides is 1. The van der Waals surface area contributed by atoms with Crippen LogP contribution in [0.15, 0.2) is 35.8 Å². The molecule has 0 spiro atoms. The predicted octanol–water partition coefficient (Wildman–Crippen LogP) is 2.25. The molecule has 0 atom stereocenters. The lowest BCUT2D eigenvalue weighted by Gasteiger charge is -2.05. The molecule has 4 nitrogen and oxygen atoms in total. The Bertz CT molecular complexity index is 607. The van der Waals surface area contributed by atoms with Crippen molar-refractivity contribution in [3.8, 4) is 10.6 Å². The third kappa shape index (κ3) is 3.38. The van der Waals surface area contributed by atoms with Crippen molar-refractivity contribution in [2.75, 3.05) is 5.75 Å². The fourth-order valence-corrected chi connectivity index (χ4v) is 2.72. The van der Waals surface area contributed by atoms with Crippen molar-refractivity contribution >= 4 is 21.4 Å². The van der Waals surface area contributed by atoms with Crippen LogP contribution in [0.25, 0.3) is 10.6 Å². The molecule has 0 saturated carbocycles. The van der Waals surface area contributed by atoms with Crippen LogP contribution in [0.4, 0.5) is 0 Å². The molecule has 0 aliphatic carbocycles. The van der Waals surface area contributed by atoms with Gasteiger partial charge in [-0.2, -0.15) is 0 Å². The van der Waals surface area contributed by atoms with Gasteiger partial charge in [-0.1, -0.05) is 6.07 Å². The molecule has 2 aromatic heterocycles. The maximum atomic E-state index is 11.4. The van der Waals surface area contributed by atoms with Gasteiger partial charge in [-0.25, -0.2) is 13.1 Å². The summed E-state index contributed by atoms with van der Waals surface area (Å²) in [4.78, 5) is 5.36. The van der Waals surface area contributed by atoms with Gasteiger partial charge in [0, 0.05) is 12.7 Å². The van der Waals surface area contributed by atoms with Crippen LogP contribution in [0.2, 0.25) is 0 Å². The fourth-order valence-electron chi connectivity index (χ4n) is 1.44. The van der Waals surface area contributed by atoms with E-state index in [1.165, 1.54) is 0 Å². The van der Waals surface area contributed by atoms with Crippen molar-refractivity contribution < 1.29 is 8.42 Å². The minimum Gasteiger partial charge on any atom is -0.255 e. The molecule has 18 heavy (non-hydrogen) atoms. The highest BCUT2D eigenvalue weighted by Crippen LogP contribution is 2.22. The summed E-state index contributed by atoms with van der Waals surface area (Å²) in [5, 5.41) is 1.99. The second kappa shape index (κ2) is 5.60. The predicted molar refractivity (Wildman–Crippen MR) is 73.9 cm³/mol. The van der Waals surface area contributed by atoms with Crippen LogP contribution in [0.3, 0.4) is 0 Å². The molecule has 0 unspecified atom stereocenters. The molecule has 0 radical (unpaired) electrons. The lowest BCUT2D eigenvalue weighted by molar-refractivity contribution is 0.582. The van der Waals surface area contributed by atoms with Gasteiger partial charge in [0.1, 0.15) is 0 Å². The van der Waals surface area contributed by atoms with Gasteiger partial charge in [-0.05, 0) is 36.1 Å². The topological polar surface area (TPSA) is 59.1 Å². The van der Waals surface area contributed by atoms with Gasteiger partial charge in [0.05, 0.1) is 16.3 Å². The monoisotopic (exact) mass is 282 g/mol. The average molecular weight is 282 g/mol. The number of nitrogens with zero attached hydrogens (tertiary/aromatic N) is 1. The zero-order valence-corrected chi connectivity index (χ0v) is 11.6. The molecule has 0 amide bonds. The Morgan fingerprint density at radius 1 is 1.39 bits per heavy atom. The van der Waals surface area contributed by atoms with E-state index in [2.05, 4.69) is 9.71 Å². The second-order valence-corrected chi connectivity index (χ2v) is 6.79. The van der Waals surface area contributed by atoms with Gasteiger partial charge in [-0.3, -0.25) is 4.98 Å². The maximum Gasteiger partial charge on any atom is 0.211 e. The molecular weight excluding hydrogens is 268 g/mol. The number of pyridine rings is 1. The number of rotatable bonds is 5. The van der Waals surface area contributed by atoms with Crippen molar-refractivity contribution in [2.45, 2.75) is 13.5 Å². The van der Waals surface area contributed by atoms with Crippen LogP contribution < -0.4 is 4.72 Å². The summed E-state index contributed by atoms with van der Waals surface area (Å²) in [6.45, 7) is 1.92. The van der Waals surface area contributed by atoms with Crippen LogP contribution in [-0.2, 0) is 16.6 Å². The Kier molecular flexibility index (Phi) is 4.11. The normalized spacial score (nSPS) is 11.6. The highest BCUT2D eigenvalue weighted by Gasteiger charge is 2.07. The van der Waals surface area contributed by atoms with Crippen molar-refractivity contribution in [1.29, 1.82) is 0 Å². The first kappa shape index (κ1) is 13.2. The highest BCUT2D eigenvalue weighted by atomic mass is 32.2. The maximum absolute atomic E-state index is 11.4. The number of hydrogen-bond donors (Lipinski definition) is 1. The fraction of sp³-hybridized carbons (Fsp3) is 0.250. The third-order valence-electron chi connectivity index (χ3n) is 2.47. The zero-order chi connectivity index (χ0) is 13.0. The first-order chi connectivity index (χ1) is 8.61. The number of aromatic nitrogens is 1. The molecule has 2 aromatic rings. The molecule has 0 fully saturated rings. The summed E-state index contributed by atoms with van der Waals surface area (Å²) in [7, 11) is -3.15. The number of nitrogens with one attached hydrogen (secondary N) is 1. The number of hydrogen-bond acceptors (Lipinski definition) is 4. The minimum absolute atomic E-state index is 0.0931. The van der Waals surface area contributed by atoms with Crippen molar-refractivity contribution in [3.05, 3.63) is 41.4 Å². The average Bonchev–Trinajstić information content (AvgIpc) is 2.91. The van der Waals surface area contributed by atoms with Gasteiger partial charge in [-0.15, -0.1) is 11.3 Å². The summed E-state index contributed by atoms with van der Waals surface area (Å²) in [5.74, 6) is 0.0931. The molecule has 1 N–H and O–H groups in total. The molecular formula is C12H14N2O2S2. The van der Waals surface area contributed by atoms with Crippen LogP contribution in [0.5, 0.6) is 0 Å². The standard InChI is InChI=1S/C12H14N2O2S2/c1-2-18(15,16)14-9-10-5-6-13-11(8-10)12-4-3-7-17-12/h3-8,14H,2,9H2,1H3. The van der Waals surface area contributed by atoms with E-state index in [9.17, 15) is 8.42 Å². The highest BCUT2D eigenvalue weighted by molar-refractivity contribution is 7.89. The lowest BCUT2D eigenvalue weighted by Crippen LogP contribution is -2.24. The second-order valence-electron chi connectivity index (χ2n) is 3.75. The van der Waals surface area contributed by atoms with Gasteiger partial charge < -0.3 is 0 Å². The first-order valence-electron chi connectivity index (χ1n) is 5.57. The van der Waals surface area contributed by atoms with Crippen molar-refractivity contribution in [1.82, 2.24) is 9.71 Å². The van der Waals surface area contributed by atoms with Crippen molar-refractivity contribution in [2.24, 2.45) is 0 Å². The first-order valence-corrected chi connectivity index (χ1v) is 8.10. The number of thiophene rings is 1. The van der Waals surface area contributed by atoms with Crippen LogP contribution in [0.1, 0.15) is 12.5 Å². The van der Waals surface area contributed by atoms with Crippen LogP contribution in [0, 0.1) is 0 Å². The van der Waals surface area contributed by atoms with E-state index in [0.717, 1.165) is 16.1 Å². The zero-order valence-electron chi connectivity index (χ0n) is 9.96. The van der Waals surface area contributed by atoms with Gasteiger partial charge in [0.15, 0.2) is 0 Å². The molecule has 6 heteroatoms. The Balaban J connectivity index is 2.14. The van der Waals surface area contributed by atoms with Gasteiger partial charge in [0.25, 0.3) is 0 Å². The largest absolute Gasteiger partial charge is 0.255 e. The van der Waals surface area contributed by atoms with E-state index in [1.54, 1.807) is 24.5 Å². The van der Waals surface area contributed by atoms with E-state index in [1.807, 2.05) is 29.6 Å². The van der Waals surface area contributed by atoms with E-state index in [0.29, 0.717) is 6.54 Å². The van der Waals surface area contributed by atoms with Crippen molar-refractivity contribution in [3.63, 3.8) is 0 Å². The molecule has 0 bridgehead atoms. The van der Waals surface area contributed by atoms with E-state index >= 15 is 0 Å². The van der Waals surface area contributed by atoms with E-state index in [-0.39, 0.29) is 5.75 Å². The smallest absolute Gasteiger partial charge is 0.211 e. The summed E-state index contributed by atoms with van der Waals surface area (Å²) in [5.41, 5.74) is 1.78. The molecule has 0 aliphatic rings. The Labute approximate surface area is 111 Å². The summed E-state index contributed by atoms with van der Waals surface area (Å²) >= 11 is 1.61. The summed E-state index contributed by atoms with van der Waals surface area (Å²) < 4.78 is 25.3. The third-order valence-corrected chi connectivity index (χ3v) is 4.71. The molecule has 0 saturated heterocycles. The summed E-state index contributed by atoms with van der Waals surface area (Å²) in [6.07, 6.45) is 1.70. The van der Waals surface area contributed by atoms with E-state index < -0.39 is 10.0 Å². The van der Waals surface area contributed by atoms with Gasteiger partial charge in [0.2, 0.25) is 10.0 Å².